The first-order valence-corrected chi connectivity index (χ1v) is 6.59. The summed E-state index contributed by atoms with van der Waals surface area (Å²) in [6, 6.07) is 13.5. The fourth-order valence-corrected chi connectivity index (χ4v) is 1.77. The molecule has 0 aliphatic carbocycles. The van der Waals surface area contributed by atoms with Crippen LogP contribution in [0.25, 0.3) is 0 Å². The minimum absolute atomic E-state index is 0.0917. The maximum Gasteiger partial charge on any atom is 0.314 e. The highest BCUT2D eigenvalue weighted by atomic mass is 16.3. The Balaban J connectivity index is 1.99. The molecule has 5 heteroatoms. The molecule has 0 saturated heterocycles. The first kappa shape index (κ1) is 14.6. The summed E-state index contributed by atoms with van der Waals surface area (Å²) in [4.78, 5) is 23.5. The first-order chi connectivity index (χ1) is 10.1. The predicted octanol–water partition coefficient (Wildman–Crippen LogP) is 2.53. The second-order valence-electron chi connectivity index (χ2n) is 4.48. The Morgan fingerprint density at radius 3 is 2.19 bits per heavy atom. The zero-order valence-corrected chi connectivity index (χ0v) is 11.6. The Kier molecular flexibility index (Phi) is 4.56. The minimum atomic E-state index is -0.837. The molecule has 108 valence electrons. The van der Waals surface area contributed by atoms with E-state index in [0.29, 0.717) is 5.69 Å². The van der Waals surface area contributed by atoms with Crippen molar-refractivity contribution in [2.75, 3.05) is 10.6 Å². The third-order valence-electron chi connectivity index (χ3n) is 2.98. The van der Waals surface area contributed by atoms with E-state index in [-0.39, 0.29) is 11.4 Å². The molecule has 0 spiro atoms. The van der Waals surface area contributed by atoms with Crippen LogP contribution in [0.5, 0.6) is 5.75 Å². The van der Waals surface area contributed by atoms with Crippen molar-refractivity contribution in [1.82, 2.24) is 0 Å². The fourth-order valence-electron chi connectivity index (χ4n) is 1.77. The van der Waals surface area contributed by atoms with E-state index in [1.807, 2.05) is 19.1 Å². The number of aromatic hydroxyl groups is 1. The van der Waals surface area contributed by atoms with Gasteiger partial charge in [0.1, 0.15) is 5.75 Å². The monoisotopic (exact) mass is 284 g/mol. The van der Waals surface area contributed by atoms with E-state index in [1.54, 1.807) is 24.3 Å². The van der Waals surface area contributed by atoms with Crippen molar-refractivity contribution in [1.29, 1.82) is 0 Å². The van der Waals surface area contributed by atoms with E-state index in [0.717, 1.165) is 12.0 Å². The number of aryl methyl sites for hydroxylation is 1. The van der Waals surface area contributed by atoms with Gasteiger partial charge in [-0.25, -0.2) is 0 Å². The zero-order chi connectivity index (χ0) is 15.2. The van der Waals surface area contributed by atoms with Crippen molar-refractivity contribution in [3.63, 3.8) is 0 Å². The fraction of sp³-hybridized carbons (Fsp3) is 0.125. The van der Waals surface area contributed by atoms with Crippen LogP contribution in [-0.4, -0.2) is 16.9 Å². The largest absolute Gasteiger partial charge is 0.506 e. The molecule has 0 aromatic heterocycles. The lowest BCUT2D eigenvalue weighted by Gasteiger charge is -2.08. The van der Waals surface area contributed by atoms with Gasteiger partial charge in [-0.3, -0.25) is 9.59 Å². The normalized spacial score (nSPS) is 9.95. The van der Waals surface area contributed by atoms with Crippen molar-refractivity contribution in [3.05, 3.63) is 54.1 Å². The highest BCUT2D eigenvalue weighted by Gasteiger charge is 2.15. The van der Waals surface area contributed by atoms with Gasteiger partial charge in [0.15, 0.2) is 0 Å². The molecule has 21 heavy (non-hydrogen) atoms. The molecule has 0 aliphatic heterocycles. The van der Waals surface area contributed by atoms with Crippen molar-refractivity contribution < 1.29 is 14.7 Å². The van der Waals surface area contributed by atoms with Gasteiger partial charge in [0.05, 0.1) is 5.69 Å². The Labute approximate surface area is 122 Å². The van der Waals surface area contributed by atoms with Gasteiger partial charge < -0.3 is 15.7 Å². The number of nitrogens with one attached hydrogen (secondary N) is 2. The van der Waals surface area contributed by atoms with Crippen LogP contribution in [0.15, 0.2) is 48.5 Å². The van der Waals surface area contributed by atoms with Crippen molar-refractivity contribution in [2.45, 2.75) is 13.3 Å². The topological polar surface area (TPSA) is 78.4 Å². The molecule has 5 nitrogen and oxygen atoms in total. The number of phenols is 1. The second-order valence-corrected chi connectivity index (χ2v) is 4.48. The molecule has 0 saturated carbocycles. The molecule has 2 aromatic rings. The van der Waals surface area contributed by atoms with Gasteiger partial charge in [0.2, 0.25) is 0 Å². The van der Waals surface area contributed by atoms with Crippen LogP contribution >= 0.6 is 0 Å². The smallest absolute Gasteiger partial charge is 0.314 e. The number of rotatable bonds is 3. The molecular weight excluding hydrogens is 268 g/mol. The molecule has 0 radical (unpaired) electrons. The summed E-state index contributed by atoms with van der Waals surface area (Å²) in [7, 11) is 0. The molecule has 0 aliphatic rings. The Hall–Kier alpha value is -2.82. The summed E-state index contributed by atoms with van der Waals surface area (Å²) >= 11 is 0. The third kappa shape index (κ3) is 3.82. The number of anilines is 2. The number of hydrogen-bond donors (Lipinski definition) is 3. The maximum atomic E-state index is 11.8. The van der Waals surface area contributed by atoms with Crippen molar-refractivity contribution in [3.8, 4) is 5.75 Å². The zero-order valence-electron chi connectivity index (χ0n) is 11.6. The van der Waals surface area contributed by atoms with Gasteiger partial charge in [-0.2, -0.15) is 0 Å². The average Bonchev–Trinajstić information content (AvgIpc) is 2.50. The molecule has 3 N–H and O–H groups in total. The van der Waals surface area contributed by atoms with E-state index >= 15 is 0 Å². The summed E-state index contributed by atoms with van der Waals surface area (Å²) in [5.41, 5.74) is 1.88. The van der Waals surface area contributed by atoms with Gasteiger partial charge in [0.25, 0.3) is 0 Å². The standard InChI is InChI=1S/C16H16N2O3/c1-2-11-7-9-12(10-8-11)17-15(20)16(21)18-13-5-3-4-6-14(13)19/h3-10,19H,2H2,1H3,(H,17,20)(H,18,21). The number of carbonyl (C=O) groups excluding carboxylic acids is 2. The molecule has 2 rings (SSSR count). The molecular formula is C16H16N2O3. The van der Waals surface area contributed by atoms with Gasteiger partial charge >= 0.3 is 11.8 Å². The highest BCUT2D eigenvalue weighted by Crippen LogP contribution is 2.21. The molecule has 0 fully saturated rings. The Bertz CT molecular complexity index is 651. The van der Waals surface area contributed by atoms with Crippen LogP contribution in [0.1, 0.15) is 12.5 Å². The van der Waals surface area contributed by atoms with Gasteiger partial charge in [-0.05, 0) is 36.2 Å². The summed E-state index contributed by atoms with van der Waals surface area (Å²) in [6.45, 7) is 2.04. The SMILES string of the molecule is CCc1ccc(NC(=O)C(=O)Nc2ccccc2O)cc1. The number of hydrogen-bond acceptors (Lipinski definition) is 3. The number of phenolic OH excluding ortho intramolecular Hbond substituents is 1. The van der Waals surface area contributed by atoms with Crippen LogP contribution in [0.4, 0.5) is 11.4 Å². The van der Waals surface area contributed by atoms with Gasteiger partial charge in [-0.1, -0.05) is 31.2 Å². The second kappa shape index (κ2) is 6.56. The number of para-hydroxylation sites is 2. The number of benzene rings is 2. The van der Waals surface area contributed by atoms with E-state index in [4.69, 9.17) is 0 Å². The number of carbonyl (C=O) groups is 2. The minimum Gasteiger partial charge on any atom is -0.506 e. The summed E-state index contributed by atoms with van der Waals surface area (Å²) < 4.78 is 0. The van der Waals surface area contributed by atoms with Gasteiger partial charge in [0, 0.05) is 5.69 Å². The highest BCUT2D eigenvalue weighted by molar-refractivity contribution is 6.43. The van der Waals surface area contributed by atoms with E-state index < -0.39 is 11.8 Å². The first-order valence-electron chi connectivity index (χ1n) is 6.59. The predicted molar refractivity (Wildman–Crippen MR) is 81.2 cm³/mol. The summed E-state index contributed by atoms with van der Waals surface area (Å²) in [5, 5.41) is 14.4. The molecule has 0 bridgehead atoms. The molecule has 0 atom stereocenters. The lowest BCUT2D eigenvalue weighted by molar-refractivity contribution is -0.133. The van der Waals surface area contributed by atoms with Crippen LogP contribution < -0.4 is 10.6 Å². The lowest BCUT2D eigenvalue weighted by Crippen LogP contribution is -2.29. The van der Waals surface area contributed by atoms with Crippen molar-refractivity contribution >= 4 is 23.2 Å². The summed E-state index contributed by atoms with van der Waals surface area (Å²) in [5.74, 6) is -1.72. The van der Waals surface area contributed by atoms with Gasteiger partial charge in [-0.15, -0.1) is 0 Å². The quantitative estimate of drug-likeness (QED) is 0.598. The van der Waals surface area contributed by atoms with E-state index in [9.17, 15) is 14.7 Å². The average molecular weight is 284 g/mol. The molecule has 2 amide bonds. The van der Waals surface area contributed by atoms with Crippen LogP contribution in [-0.2, 0) is 16.0 Å². The van der Waals surface area contributed by atoms with Crippen LogP contribution in [0.3, 0.4) is 0 Å². The molecule has 0 unspecified atom stereocenters. The van der Waals surface area contributed by atoms with Crippen LogP contribution in [0.2, 0.25) is 0 Å². The Morgan fingerprint density at radius 2 is 1.57 bits per heavy atom. The molecule has 0 heterocycles. The summed E-state index contributed by atoms with van der Waals surface area (Å²) in [6.07, 6.45) is 0.905. The van der Waals surface area contributed by atoms with Crippen LogP contribution in [0, 0.1) is 0 Å². The third-order valence-corrected chi connectivity index (χ3v) is 2.98. The van der Waals surface area contributed by atoms with Crippen molar-refractivity contribution in [2.24, 2.45) is 0 Å². The van der Waals surface area contributed by atoms with E-state index in [1.165, 1.54) is 12.1 Å². The number of amides is 2. The lowest BCUT2D eigenvalue weighted by atomic mass is 10.1. The molecule has 2 aromatic carbocycles. The maximum absolute atomic E-state index is 11.8. The van der Waals surface area contributed by atoms with E-state index in [2.05, 4.69) is 10.6 Å². The Morgan fingerprint density at radius 1 is 0.952 bits per heavy atom.